The number of carbonyl (C=O) groups excluding carboxylic acids is 1. The minimum atomic E-state index is 0.122. The van der Waals surface area contributed by atoms with Crippen LogP contribution in [0.25, 0.3) is 0 Å². The summed E-state index contributed by atoms with van der Waals surface area (Å²) in [7, 11) is 0. The normalized spacial score (nSPS) is 12.1. The summed E-state index contributed by atoms with van der Waals surface area (Å²) in [5.41, 5.74) is 1.07. The van der Waals surface area contributed by atoms with Crippen LogP contribution in [0.15, 0.2) is 30.3 Å². The molecule has 0 aromatic heterocycles. The largest absolute Gasteiger partial charge is 0.356 e. The Bertz CT molecular complexity index is 334. The van der Waals surface area contributed by atoms with Gasteiger partial charge >= 0.3 is 0 Å². The van der Waals surface area contributed by atoms with Crippen LogP contribution in [0.2, 0.25) is 0 Å². The van der Waals surface area contributed by atoms with Gasteiger partial charge in [-0.2, -0.15) is 0 Å². The van der Waals surface area contributed by atoms with Gasteiger partial charge in [0, 0.05) is 11.9 Å². The summed E-state index contributed by atoms with van der Waals surface area (Å²) in [6.07, 6.45) is 3.96. The molecule has 1 aromatic rings. The average Bonchev–Trinajstić information content (AvgIpc) is 2.38. The SMILES string of the molecule is CCCC(CCBr)CNC(=O)Cc1ccccc1. The number of carbonyl (C=O) groups is 1. The van der Waals surface area contributed by atoms with Gasteiger partial charge < -0.3 is 5.32 Å². The van der Waals surface area contributed by atoms with E-state index in [9.17, 15) is 4.79 Å². The van der Waals surface area contributed by atoms with Crippen molar-refractivity contribution < 1.29 is 4.79 Å². The van der Waals surface area contributed by atoms with Gasteiger partial charge in [0.2, 0.25) is 5.91 Å². The Morgan fingerprint density at radius 2 is 2.00 bits per heavy atom. The molecule has 0 aliphatic carbocycles. The van der Waals surface area contributed by atoms with Crippen molar-refractivity contribution in [2.45, 2.75) is 32.6 Å². The summed E-state index contributed by atoms with van der Waals surface area (Å²) in [5.74, 6) is 0.714. The van der Waals surface area contributed by atoms with Crippen LogP contribution in [-0.2, 0) is 11.2 Å². The van der Waals surface area contributed by atoms with Crippen molar-refractivity contribution in [3.05, 3.63) is 35.9 Å². The molecule has 0 spiro atoms. The van der Waals surface area contributed by atoms with Gasteiger partial charge in [0.05, 0.1) is 6.42 Å². The minimum absolute atomic E-state index is 0.122. The highest BCUT2D eigenvalue weighted by atomic mass is 79.9. The van der Waals surface area contributed by atoms with E-state index in [2.05, 4.69) is 28.2 Å². The van der Waals surface area contributed by atoms with Gasteiger partial charge in [0.25, 0.3) is 0 Å². The fourth-order valence-electron chi connectivity index (χ4n) is 2.01. The molecule has 0 heterocycles. The van der Waals surface area contributed by atoms with Crippen LogP contribution in [0.5, 0.6) is 0 Å². The first kappa shape index (κ1) is 15.2. The van der Waals surface area contributed by atoms with Crippen molar-refractivity contribution in [1.82, 2.24) is 5.32 Å². The first-order valence-corrected chi connectivity index (χ1v) is 7.75. The summed E-state index contributed by atoms with van der Waals surface area (Å²) in [4.78, 5) is 11.8. The minimum Gasteiger partial charge on any atom is -0.356 e. The lowest BCUT2D eigenvalue weighted by molar-refractivity contribution is -0.120. The maximum atomic E-state index is 11.8. The number of amides is 1. The van der Waals surface area contributed by atoms with Gasteiger partial charge in [0.15, 0.2) is 0 Å². The van der Waals surface area contributed by atoms with E-state index < -0.39 is 0 Å². The lowest BCUT2D eigenvalue weighted by atomic mass is 10.0. The number of hydrogen-bond acceptors (Lipinski definition) is 1. The van der Waals surface area contributed by atoms with E-state index in [1.807, 2.05) is 30.3 Å². The molecule has 1 atom stereocenters. The molecule has 100 valence electrons. The van der Waals surface area contributed by atoms with Crippen LogP contribution in [0.3, 0.4) is 0 Å². The molecule has 0 aliphatic heterocycles. The molecule has 0 saturated carbocycles. The quantitative estimate of drug-likeness (QED) is 0.731. The van der Waals surface area contributed by atoms with Gasteiger partial charge in [-0.05, 0) is 24.3 Å². The van der Waals surface area contributed by atoms with Crippen LogP contribution in [0.4, 0.5) is 0 Å². The topological polar surface area (TPSA) is 29.1 Å². The van der Waals surface area contributed by atoms with Crippen molar-refractivity contribution in [2.24, 2.45) is 5.92 Å². The third-order valence-electron chi connectivity index (χ3n) is 3.01. The summed E-state index contributed by atoms with van der Waals surface area (Å²) in [6, 6.07) is 9.87. The van der Waals surface area contributed by atoms with Crippen molar-refractivity contribution >= 4 is 21.8 Å². The highest BCUT2D eigenvalue weighted by Gasteiger charge is 2.09. The molecule has 0 saturated heterocycles. The molecular formula is C15H22BrNO. The molecule has 1 N–H and O–H groups in total. The molecule has 0 aliphatic rings. The van der Waals surface area contributed by atoms with Gasteiger partial charge in [-0.25, -0.2) is 0 Å². The van der Waals surface area contributed by atoms with E-state index in [0.717, 1.165) is 23.9 Å². The fraction of sp³-hybridized carbons (Fsp3) is 0.533. The summed E-state index contributed by atoms with van der Waals surface area (Å²) in [5, 5.41) is 4.05. The van der Waals surface area contributed by atoms with E-state index in [1.54, 1.807) is 0 Å². The summed E-state index contributed by atoms with van der Waals surface area (Å²) >= 11 is 3.47. The average molecular weight is 312 g/mol. The zero-order valence-electron chi connectivity index (χ0n) is 11.0. The third kappa shape index (κ3) is 6.20. The second-order valence-corrected chi connectivity index (χ2v) is 5.39. The molecule has 1 amide bonds. The second-order valence-electron chi connectivity index (χ2n) is 4.60. The summed E-state index contributed by atoms with van der Waals surface area (Å²) in [6.45, 7) is 2.98. The Balaban J connectivity index is 2.31. The van der Waals surface area contributed by atoms with Crippen LogP contribution in [0, 0.1) is 5.92 Å². The lowest BCUT2D eigenvalue weighted by Gasteiger charge is -2.15. The van der Waals surface area contributed by atoms with Crippen LogP contribution in [-0.4, -0.2) is 17.8 Å². The Morgan fingerprint density at radius 3 is 2.61 bits per heavy atom. The smallest absolute Gasteiger partial charge is 0.224 e. The van der Waals surface area contributed by atoms with Crippen LogP contribution >= 0.6 is 15.9 Å². The first-order valence-electron chi connectivity index (χ1n) is 6.62. The van der Waals surface area contributed by atoms with Crippen molar-refractivity contribution in [2.75, 3.05) is 11.9 Å². The van der Waals surface area contributed by atoms with Crippen molar-refractivity contribution in [3.8, 4) is 0 Å². The molecule has 18 heavy (non-hydrogen) atoms. The monoisotopic (exact) mass is 311 g/mol. The van der Waals surface area contributed by atoms with E-state index in [-0.39, 0.29) is 5.91 Å². The Hall–Kier alpha value is -0.830. The van der Waals surface area contributed by atoms with Crippen LogP contribution < -0.4 is 5.32 Å². The van der Waals surface area contributed by atoms with E-state index in [1.165, 1.54) is 12.8 Å². The van der Waals surface area contributed by atoms with Gasteiger partial charge in [-0.1, -0.05) is 59.6 Å². The number of rotatable bonds is 8. The number of alkyl halides is 1. The van der Waals surface area contributed by atoms with E-state index in [4.69, 9.17) is 0 Å². The van der Waals surface area contributed by atoms with Crippen molar-refractivity contribution in [1.29, 1.82) is 0 Å². The van der Waals surface area contributed by atoms with E-state index in [0.29, 0.717) is 12.3 Å². The van der Waals surface area contributed by atoms with Crippen molar-refractivity contribution in [3.63, 3.8) is 0 Å². The highest BCUT2D eigenvalue weighted by Crippen LogP contribution is 2.11. The molecule has 0 bridgehead atoms. The first-order chi connectivity index (χ1) is 8.76. The molecule has 2 nitrogen and oxygen atoms in total. The van der Waals surface area contributed by atoms with Gasteiger partial charge in [-0.3, -0.25) is 4.79 Å². The summed E-state index contributed by atoms with van der Waals surface area (Å²) < 4.78 is 0. The number of halogens is 1. The Morgan fingerprint density at radius 1 is 1.28 bits per heavy atom. The molecule has 1 unspecified atom stereocenters. The molecule has 3 heteroatoms. The molecule has 0 fully saturated rings. The third-order valence-corrected chi connectivity index (χ3v) is 3.47. The molecular weight excluding hydrogens is 290 g/mol. The maximum Gasteiger partial charge on any atom is 0.224 e. The zero-order valence-corrected chi connectivity index (χ0v) is 12.6. The van der Waals surface area contributed by atoms with E-state index >= 15 is 0 Å². The predicted molar refractivity (Wildman–Crippen MR) is 80.0 cm³/mol. The zero-order chi connectivity index (χ0) is 13.2. The fourth-order valence-corrected chi connectivity index (χ4v) is 2.66. The Kier molecular flexibility index (Phi) is 7.74. The second kappa shape index (κ2) is 9.15. The molecule has 1 aromatic carbocycles. The number of hydrogen-bond donors (Lipinski definition) is 1. The number of benzene rings is 1. The number of nitrogens with one attached hydrogen (secondary N) is 1. The van der Waals surface area contributed by atoms with Gasteiger partial charge in [-0.15, -0.1) is 0 Å². The van der Waals surface area contributed by atoms with Gasteiger partial charge in [0.1, 0.15) is 0 Å². The Labute approximate surface area is 118 Å². The molecule has 0 radical (unpaired) electrons. The van der Waals surface area contributed by atoms with Crippen LogP contribution in [0.1, 0.15) is 31.7 Å². The highest BCUT2D eigenvalue weighted by molar-refractivity contribution is 9.09. The standard InChI is InChI=1S/C15H22BrNO/c1-2-6-14(9-10-16)12-17-15(18)11-13-7-4-3-5-8-13/h3-5,7-8,14H,2,6,9-12H2,1H3,(H,17,18). The lowest BCUT2D eigenvalue weighted by Crippen LogP contribution is -2.30. The molecule has 1 rings (SSSR count). The predicted octanol–water partition coefficient (Wildman–Crippen LogP) is 3.55. The maximum absolute atomic E-state index is 11.8.